The standard InChI is InChI=1S/C49H55N9O7/c1-31(63-2)44(55-49(62)65-4)47(60)57-22-8-12-42(57)39-24-37(26-50-39)35-16-14-33(15-17-35)34-18-20-36(21-19-34)41-27-51-45(53-41)43-13-9-23-58(43)46(59)40(54-48(61)64-3)25-38-29-56(30-52-38)28-32-10-6-5-7-11-32/h5-7,10-11,14-21,26-27,29-31,40,42-44H,8-9,12-13,22-25,28H2,1-4H3,(H,51,53)(H,54,61)(H,55,62)/t31-,40+,42+,43+,44+/m1/s1. The lowest BCUT2D eigenvalue weighted by molar-refractivity contribution is -0.136. The second-order valence-corrected chi connectivity index (χ2v) is 16.6. The number of aromatic nitrogens is 4. The normalized spacial score (nSPS) is 18.4. The zero-order valence-electron chi connectivity index (χ0n) is 37.1. The molecule has 5 aromatic rings. The average molecular weight is 882 g/mol. The number of allylic oxidation sites excluding steroid dienone is 1. The molecule has 4 amide bonds. The van der Waals surface area contributed by atoms with Gasteiger partial charge < -0.3 is 44.2 Å². The van der Waals surface area contributed by atoms with E-state index in [0.29, 0.717) is 37.6 Å². The summed E-state index contributed by atoms with van der Waals surface area (Å²) in [4.78, 5) is 73.5. The molecule has 3 aliphatic heterocycles. The van der Waals surface area contributed by atoms with Crippen LogP contribution in [0.3, 0.4) is 0 Å². The molecule has 3 N–H and O–H groups in total. The summed E-state index contributed by atoms with van der Waals surface area (Å²) in [5, 5.41) is 5.40. The van der Waals surface area contributed by atoms with Crippen LogP contribution in [0.4, 0.5) is 9.59 Å². The van der Waals surface area contributed by atoms with Crippen molar-refractivity contribution in [2.75, 3.05) is 34.4 Å². The quantitative estimate of drug-likeness (QED) is 0.105. The highest BCUT2D eigenvalue weighted by Crippen LogP contribution is 2.34. The first kappa shape index (κ1) is 44.5. The smallest absolute Gasteiger partial charge is 0.407 e. The van der Waals surface area contributed by atoms with E-state index in [1.165, 1.54) is 21.3 Å². The fraction of sp³-hybridized carbons (Fsp3) is 0.367. The Labute approximate surface area is 378 Å². The summed E-state index contributed by atoms with van der Waals surface area (Å²) in [6.07, 6.45) is 9.44. The highest BCUT2D eigenvalue weighted by molar-refractivity contribution is 6.04. The predicted molar refractivity (Wildman–Crippen MR) is 245 cm³/mol. The lowest BCUT2D eigenvalue weighted by Gasteiger charge is -2.31. The molecular formula is C49H55N9O7. The number of aliphatic imine (C=N–C) groups is 1. The van der Waals surface area contributed by atoms with E-state index < -0.39 is 30.4 Å². The summed E-state index contributed by atoms with van der Waals surface area (Å²) in [6.45, 7) is 3.50. The molecule has 0 spiro atoms. The largest absolute Gasteiger partial charge is 0.453 e. The SMILES string of the molecule is COC(=O)N[C@@H](Cc1cn(Cc2ccccc2)cn1)C(=O)N1CCC[C@H]1c1ncc(-c2ccc(-c3ccc(C4=CN=C([C@@H]5CCCN5C(=O)[C@@H](NC(=O)OC)[C@@H](C)OC)C4)cc3)cc2)[nH]1. The first-order valence-corrected chi connectivity index (χ1v) is 22.0. The Balaban J connectivity index is 0.883. The fourth-order valence-corrected chi connectivity index (χ4v) is 8.97. The van der Waals surface area contributed by atoms with Crippen LogP contribution < -0.4 is 10.6 Å². The number of carbonyl (C=O) groups excluding carboxylic acids is 4. The van der Waals surface area contributed by atoms with Crippen LogP contribution in [-0.4, -0.2) is 118 Å². The van der Waals surface area contributed by atoms with Gasteiger partial charge >= 0.3 is 12.2 Å². The van der Waals surface area contributed by atoms with Crippen LogP contribution >= 0.6 is 0 Å². The van der Waals surface area contributed by atoms with E-state index in [4.69, 9.17) is 24.2 Å². The van der Waals surface area contributed by atoms with Crippen LogP contribution in [0.15, 0.2) is 109 Å². The van der Waals surface area contributed by atoms with Crippen LogP contribution in [0.2, 0.25) is 0 Å². The molecule has 16 nitrogen and oxygen atoms in total. The summed E-state index contributed by atoms with van der Waals surface area (Å²) >= 11 is 0. The molecule has 8 rings (SSSR count). The Bertz CT molecular complexity index is 2530. The van der Waals surface area contributed by atoms with Gasteiger partial charge in [-0.05, 0) is 66.0 Å². The number of carbonyl (C=O) groups is 4. The lowest BCUT2D eigenvalue weighted by atomic mass is 9.96. The van der Waals surface area contributed by atoms with E-state index in [0.717, 1.165) is 70.5 Å². The van der Waals surface area contributed by atoms with Gasteiger partial charge in [-0.3, -0.25) is 14.6 Å². The number of likely N-dealkylation sites (tertiary alicyclic amines) is 2. The first-order valence-electron chi connectivity index (χ1n) is 22.0. The topological polar surface area (TPSA) is 185 Å². The summed E-state index contributed by atoms with van der Waals surface area (Å²) in [7, 11) is 4.06. The number of hydrogen-bond donors (Lipinski definition) is 3. The van der Waals surface area contributed by atoms with Crippen LogP contribution in [0.5, 0.6) is 0 Å². The van der Waals surface area contributed by atoms with Gasteiger partial charge in [-0.2, -0.15) is 0 Å². The van der Waals surface area contributed by atoms with Crippen LogP contribution in [0.25, 0.3) is 28.0 Å². The summed E-state index contributed by atoms with van der Waals surface area (Å²) in [5.41, 5.74) is 8.80. The monoisotopic (exact) mass is 881 g/mol. The molecule has 2 aromatic heterocycles. The number of alkyl carbamates (subject to hydrolysis) is 2. The molecule has 0 bridgehead atoms. The van der Waals surface area contributed by atoms with E-state index in [2.05, 4.69) is 69.1 Å². The van der Waals surface area contributed by atoms with Crippen molar-refractivity contribution in [1.82, 2.24) is 40.0 Å². The Morgan fingerprint density at radius 1 is 0.769 bits per heavy atom. The maximum absolute atomic E-state index is 14.2. The molecule has 5 heterocycles. The molecule has 0 radical (unpaired) electrons. The molecule has 0 unspecified atom stereocenters. The summed E-state index contributed by atoms with van der Waals surface area (Å²) in [6, 6.07) is 24.5. The minimum atomic E-state index is -0.876. The van der Waals surface area contributed by atoms with Gasteiger partial charge in [0.15, 0.2) is 0 Å². The maximum Gasteiger partial charge on any atom is 0.407 e. The summed E-state index contributed by atoms with van der Waals surface area (Å²) in [5.74, 6) is 0.261. The number of benzene rings is 3. The number of nitrogens with one attached hydrogen (secondary N) is 3. The number of aromatic amines is 1. The number of nitrogens with zero attached hydrogens (tertiary/aromatic N) is 6. The molecule has 3 aliphatic rings. The van der Waals surface area contributed by atoms with Crippen molar-refractivity contribution in [3.63, 3.8) is 0 Å². The van der Waals surface area contributed by atoms with E-state index in [1.54, 1.807) is 24.3 Å². The number of rotatable bonds is 15. The van der Waals surface area contributed by atoms with Gasteiger partial charge in [0, 0.05) is 57.7 Å². The minimum absolute atomic E-state index is 0.161. The zero-order chi connectivity index (χ0) is 45.5. The number of methoxy groups -OCH3 is 3. The van der Waals surface area contributed by atoms with Crippen molar-refractivity contribution >= 4 is 35.3 Å². The Morgan fingerprint density at radius 2 is 1.40 bits per heavy atom. The molecule has 0 saturated carbocycles. The van der Waals surface area contributed by atoms with Crippen molar-refractivity contribution in [1.29, 1.82) is 0 Å². The van der Waals surface area contributed by atoms with E-state index in [-0.39, 0.29) is 30.3 Å². The molecule has 338 valence electrons. The van der Waals surface area contributed by atoms with Crippen molar-refractivity contribution < 1.29 is 33.4 Å². The molecule has 2 saturated heterocycles. The molecule has 3 aromatic carbocycles. The predicted octanol–water partition coefficient (Wildman–Crippen LogP) is 6.56. The van der Waals surface area contributed by atoms with Gasteiger partial charge in [0.25, 0.3) is 0 Å². The lowest BCUT2D eigenvalue weighted by Crippen LogP contribution is -2.56. The van der Waals surface area contributed by atoms with Gasteiger partial charge in [0.2, 0.25) is 11.8 Å². The zero-order valence-corrected chi connectivity index (χ0v) is 37.1. The van der Waals surface area contributed by atoms with Gasteiger partial charge in [-0.15, -0.1) is 0 Å². The Kier molecular flexibility index (Phi) is 13.8. The third-order valence-corrected chi connectivity index (χ3v) is 12.6. The van der Waals surface area contributed by atoms with Gasteiger partial charge in [0.05, 0.1) is 56.3 Å². The number of ether oxygens (including phenoxy) is 3. The molecule has 5 atom stereocenters. The molecule has 65 heavy (non-hydrogen) atoms. The van der Waals surface area contributed by atoms with Gasteiger partial charge in [0.1, 0.15) is 17.9 Å². The number of imidazole rings is 2. The number of H-pyrrole nitrogens is 1. The van der Waals surface area contributed by atoms with E-state index >= 15 is 0 Å². The minimum Gasteiger partial charge on any atom is -0.453 e. The Hall–Kier alpha value is -7.07. The van der Waals surface area contributed by atoms with Crippen molar-refractivity contribution in [2.45, 2.75) is 82.3 Å². The summed E-state index contributed by atoms with van der Waals surface area (Å²) < 4.78 is 17.1. The number of amides is 4. The van der Waals surface area contributed by atoms with Crippen molar-refractivity contribution in [2.24, 2.45) is 4.99 Å². The van der Waals surface area contributed by atoms with Gasteiger partial charge in [-0.25, -0.2) is 19.6 Å². The first-order chi connectivity index (χ1) is 31.6. The van der Waals surface area contributed by atoms with Crippen LogP contribution in [0, 0.1) is 0 Å². The van der Waals surface area contributed by atoms with Gasteiger partial charge in [-0.1, -0.05) is 78.9 Å². The third kappa shape index (κ3) is 10.2. The number of hydrogen-bond acceptors (Lipinski definition) is 10. The van der Waals surface area contributed by atoms with Crippen LogP contribution in [-0.2, 0) is 36.8 Å². The van der Waals surface area contributed by atoms with E-state index in [9.17, 15) is 19.2 Å². The van der Waals surface area contributed by atoms with E-state index in [1.807, 2.05) is 52.2 Å². The fourth-order valence-electron chi connectivity index (χ4n) is 8.97. The second kappa shape index (κ2) is 20.2. The highest BCUT2D eigenvalue weighted by Gasteiger charge is 2.40. The van der Waals surface area contributed by atoms with Crippen molar-refractivity contribution in [3.05, 3.63) is 126 Å². The second-order valence-electron chi connectivity index (χ2n) is 16.6. The molecule has 16 heteroatoms. The average Bonchev–Trinajstić information content (AvgIpc) is 4.21. The Morgan fingerprint density at radius 3 is 2.08 bits per heavy atom. The molecule has 2 fully saturated rings. The third-order valence-electron chi connectivity index (χ3n) is 12.6. The van der Waals surface area contributed by atoms with Crippen molar-refractivity contribution in [3.8, 4) is 22.4 Å². The van der Waals surface area contributed by atoms with Crippen LogP contribution in [0.1, 0.15) is 67.7 Å². The highest BCUT2D eigenvalue weighted by atomic mass is 16.5. The molecule has 0 aliphatic carbocycles. The molecular weight excluding hydrogens is 827 g/mol. The maximum atomic E-state index is 14.2.